The summed E-state index contributed by atoms with van der Waals surface area (Å²) >= 11 is 0. The van der Waals surface area contributed by atoms with Gasteiger partial charge in [-0.3, -0.25) is 19.4 Å². The number of aromatic amines is 2. The molecule has 0 fully saturated rings. The van der Waals surface area contributed by atoms with Crippen LogP contribution in [-0.4, -0.2) is 70.2 Å². The first-order valence-electron chi connectivity index (χ1n) is 16.8. The molecule has 2 atom stereocenters. The van der Waals surface area contributed by atoms with Crippen molar-refractivity contribution in [2.45, 2.75) is 52.4 Å². The van der Waals surface area contributed by atoms with E-state index in [-0.39, 0.29) is 30.8 Å². The minimum atomic E-state index is -1.04. The highest BCUT2D eigenvalue weighted by atomic mass is 16.5. The molecule has 3 aromatic rings. The number of hydrogen-bond donors (Lipinski definition) is 3. The number of carboxylic acid groups (broad SMARTS) is 1. The van der Waals surface area contributed by atoms with Crippen molar-refractivity contribution in [2.24, 2.45) is 5.92 Å². The van der Waals surface area contributed by atoms with E-state index in [0.717, 1.165) is 38.9 Å². The average Bonchev–Trinajstić information content (AvgIpc) is 3.81. The maximum Gasteiger partial charge on any atom is 0.334 e. The second-order valence-corrected chi connectivity index (χ2v) is 12.9. The van der Waals surface area contributed by atoms with Gasteiger partial charge in [-0.25, -0.2) is 9.78 Å². The molecule has 2 aliphatic heterocycles. The standard InChI is InChI=1S/C40H40N4O8/c1-8-22-19(2)27-16-33-25-9-10-26(39(48)51-6)38(40(49)52-7)37(25)34(44-33)17-29-21(4)24(12-14-36(47)50-5)32(43-29)18-31-23(11-13-35(45)46)20(3)28(42-31)15-30(22)41-27/h8-10,15-18,37-38,42-43H,1,11-14H2,2-7H3,(H,45,46)/t37?,38-/m1/s1. The molecule has 8 bridgehead atoms. The van der Waals surface area contributed by atoms with Gasteiger partial charge in [-0.2, -0.15) is 0 Å². The topological polar surface area (TPSA) is 174 Å². The lowest BCUT2D eigenvalue weighted by molar-refractivity contribution is -0.147. The highest BCUT2D eigenvalue weighted by molar-refractivity contribution is 6.01. The number of aromatic nitrogens is 4. The van der Waals surface area contributed by atoms with E-state index in [1.807, 2.05) is 45.0 Å². The Labute approximate surface area is 299 Å². The molecule has 1 unspecified atom stereocenters. The Morgan fingerprint density at radius 3 is 2.04 bits per heavy atom. The number of methoxy groups -OCH3 is 3. The van der Waals surface area contributed by atoms with Crippen LogP contribution in [0.2, 0.25) is 0 Å². The Hall–Kier alpha value is -6.04. The molecule has 268 valence electrons. The highest BCUT2D eigenvalue weighted by Gasteiger charge is 2.44. The van der Waals surface area contributed by atoms with E-state index in [4.69, 9.17) is 24.2 Å². The van der Waals surface area contributed by atoms with Gasteiger partial charge in [-0.05, 0) is 91.3 Å². The first-order valence-corrected chi connectivity index (χ1v) is 16.8. The van der Waals surface area contributed by atoms with Gasteiger partial charge in [-0.1, -0.05) is 24.8 Å². The Bertz CT molecular complexity index is 2320. The van der Waals surface area contributed by atoms with E-state index in [2.05, 4.69) is 16.5 Å². The number of nitrogens with one attached hydrogen (secondary N) is 2. The fraction of sp³-hybridized carbons (Fsp3) is 0.300. The van der Waals surface area contributed by atoms with Gasteiger partial charge >= 0.3 is 23.9 Å². The van der Waals surface area contributed by atoms with Crippen LogP contribution < -0.4 is 0 Å². The molecule has 52 heavy (non-hydrogen) atoms. The summed E-state index contributed by atoms with van der Waals surface area (Å²) in [5, 5.41) is 9.59. The summed E-state index contributed by atoms with van der Waals surface area (Å²) in [5.74, 6) is -4.28. The number of nitrogens with zero attached hydrogens (tertiary/aromatic N) is 2. The van der Waals surface area contributed by atoms with Gasteiger partial charge in [-0.15, -0.1) is 0 Å². The molecule has 0 saturated heterocycles. The second kappa shape index (κ2) is 14.3. The lowest BCUT2D eigenvalue weighted by Gasteiger charge is -2.26. The summed E-state index contributed by atoms with van der Waals surface area (Å²) in [6, 6.07) is 7.57. The number of aliphatic carboxylic acids is 1. The van der Waals surface area contributed by atoms with Gasteiger partial charge in [0.25, 0.3) is 0 Å². The molecule has 0 saturated carbocycles. The zero-order valence-corrected chi connectivity index (χ0v) is 29.9. The second-order valence-electron chi connectivity index (χ2n) is 12.9. The van der Waals surface area contributed by atoms with Crippen LogP contribution in [0.4, 0.5) is 0 Å². The predicted octanol–water partition coefficient (Wildman–Crippen LogP) is 6.24. The third-order valence-corrected chi connectivity index (χ3v) is 10.1. The monoisotopic (exact) mass is 704 g/mol. The van der Waals surface area contributed by atoms with Gasteiger partial charge in [0.15, 0.2) is 0 Å². The Balaban J connectivity index is 1.75. The molecule has 1 aliphatic carbocycles. The largest absolute Gasteiger partial charge is 0.481 e. The van der Waals surface area contributed by atoms with Crippen LogP contribution in [0.3, 0.4) is 0 Å². The quantitative estimate of drug-likeness (QED) is 0.171. The maximum absolute atomic E-state index is 13.5. The number of carbonyl (C=O) groups excluding carboxylic acids is 3. The normalized spacial score (nSPS) is 16.4. The molecule has 3 aliphatic rings. The smallest absolute Gasteiger partial charge is 0.334 e. The number of H-pyrrole nitrogens is 2. The number of hydrogen-bond acceptors (Lipinski definition) is 9. The average molecular weight is 705 g/mol. The van der Waals surface area contributed by atoms with Crippen molar-refractivity contribution in [1.29, 1.82) is 0 Å². The predicted molar refractivity (Wildman–Crippen MR) is 196 cm³/mol. The number of carbonyl (C=O) groups is 4. The van der Waals surface area contributed by atoms with Gasteiger partial charge in [0.2, 0.25) is 0 Å². The molecule has 3 N–H and O–H groups in total. The van der Waals surface area contributed by atoms with Crippen molar-refractivity contribution in [1.82, 2.24) is 19.9 Å². The molecule has 0 spiro atoms. The molecular formula is C40H40N4O8. The van der Waals surface area contributed by atoms with E-state index >= 15 is 0 Å². The zero-order chi connectivity index (χ0) is 37.4. The fourth-order valence-electron chi connectivity index (χ4n) is 7.30. The minimum Gasteiger partial charge on any atom is -0.481 e. The molecule has 0 aromatic carbocycles. The number of fused-ring (bicyclic) bond motifs is 11. The molecule has 0 radical (unpaired) electrons. The van der Waals surface area contributed by atoms with Gasteiger partial charge in [0, 0.05) is 46.4 Å². The first-order chi connectivity index (χ1) is 24.9. The van der Waals surface area contributed by atoms with Crippen molar-refractivity contribution in [3.05, 3.63) is 99.7 Å². The molecule has 6 rings (SSSR count). The van der Waals surface area contributed by atoms with E-state index in [9.17, 15) is 24.3 Å². The summed E-state index contributed by atoms with van der Waals surface area (Å²) in [7, 11) is 3.88. The lowest BCUT2D eigenvalue weighted by Crippen LogP contribution is -2.30. The van der Waals surface area contributed by atoms with Crippen molar-refractivity contribution < 1.29 is 38.5 Å². The van der Waals surface area contributed by atoms with E-state index < -0.39 is 29.7 Å². The molecule has 3 aromatic heterocycles. The summed E-state index contributed by atoms with van der Waals surface area (Å²) in [6.45, 7) is 9.88. The number of ether oxygens (including phenoxy) is 3. The summed E-state index contributed by atoms with van der Waals surface area (Å²) in [6.07, 6.45) is 5.80. The van der Waals surface area contributed by atoms with Crippen molar-refractivity contribution in [2.75, 3.05) is 21.3 Å². The summed E-state index contributed by atoms with van der Waals surface area (Å²) in [4.78, 5) is 67.6. The van der Waals surface area contributed by atoms with Crippen LogP contribution in [-0.2, 0) is 46.2 Å². The number of rotatable bonds is 9. The first kappa shape index (κ1) is 35.8. The number of carboxylic acids is 1. The summed E-state index contributed by atoms with van der Waals surface area (Å²) in [5.41, 5.74) is 11.2. The molecule has 0 amide bonds. The Kier molecular flexibility index (Phi) is 9.83. The Morgan fingerprint density at radius 2 is 1.44 bits per heavy atom. The van der Waals surface area contributed by atoms with Gasteiger partial charge < -0.3 is 29.3 Å². The zero-order valence-electron chi connectivity index (χ0n) is 29.9. The van der Waals surface area contributed by atoms with E-state index in [1.54, 1.807) is 18.2 Å². The molecule has 5 heterocycles. The highest BCUT2D eigenvalue weighted by Crippen LogP contribution is 2.48. The SMILES string of the molecule is C=CC1=C(C)c2cc3nc(cc4[nH]c(cc5[nH]c(cc1n2)c(C)c5CCC(=O)O)c(CCC(=O)OC)c4C)C1C3=CC=C(C(=O)OC)[C@H]1C(=O)OC. The molecule has 12 heteroatoms. The van der Waals surface area contributed by atoms with Crippen LogP contribution in [0.5, 0.6) is 0 Å². The Morgan fingerprint density at radius 1 is 0.788 bits per heavy atom. The third-order valence-electron chi connectivity index (χ3n) is 10.1. The number of aryl methyl sites for hydroxylation is 4. The van der Waals surface area contributed by atoms with Crippen LogP contribution >= 0.6 is 0 Å². The minimum absolute atomic E-state index is 0.0687. The number of esters is 3. The third kappa shape index (κ3) is 6.36. The lowest BCUT2D eigenvalue weighted by atomic mass is 9.75. The summed E-state index contributed by atoms with van der Waals surface area (Å²) < 4.78 is 15.3. The van der Waals surface area contributed by atoms with Crippen molar-refractivity contribution in [3.63, 3.8) is 0 Å². The van der Waals surface area contributed by atoms with Crippen LogP contribution in [0.15, 0.2) is 54.6 Å². The van der Waals surface area contributed by atoms with Gasteiger partial charge in [0.1, 0.15) is 5.92 Å². The van der Waals surface area contributed by atoms with E-state index in [0.29, 0.717) is 51.3 Å². The fourth-order valence-corrected chi connectivity index (χ4v) is 7.30. The molecular weight excluding hydrogens is 664 g/mol. The van der Waals surface area contributed by atoms with E-state index in [1.165, 1.54) is 21.3 Å². The van der Waals surface area contributed by atoms with Crippen molar-refractivity contribution >= 4 is 62.7 Å². The number of allylic oxidation sites excluding steroid dienone is 6. The van der Waals surface area contributed by atoms with Crippen LogP contribution in [0.25, 0.3) is 38.8 Å². The van der Waals surface area contributed by atoms with Crippen molar-refractivity contribution in [3.8, 4) is 0 Å². The van der Waals surface area contributed by atoms with Crippen LogP contribution in [0.1, 0.15) is 70.7 Å². The maximum atomic E-state index is 13.5. The van der Waals surface area contributed by atoms with Gasteiger partial charge in [0.05, 0.1) is 49.7 Å². The van der Waals surface area contributed by atoms with Crippen LogP contribution in [0, 0.1) is 19.8 Å². The molecule has 12 nitrogen and oxygen atoms in total.